The molecule has 0 heterocycles. The highest BCUT2D eigenvalue weighted by molar-refractivity contribution is 5.42. The van der Waals surface area contributed by atoms with E-state index >= 15 is 0 Å². The Kier molecular flexibility index (Phi) is 5.79. The summed E-state index contributed by atoms with van der Waals surface area (Å²) in [5, 5.41) is 0. The minimum Gasteiger partial charge on any atom is -0.0620 e. The zero-order valence-corrected chi connectivity index (χ0v) is 18.3. The molecule has 0 nitrogen and oxygen atoms in total. The van der Waals surface area contributed by atoms with E-state index in [-0.39, 0.29) is 10.8 Å². The van der Waals surface area contributed by atoms with Gasteiger partial charge in [0.2, 0.25) is 0 Å². The molecule has 0 bridgehead atoms. The van der Waals surface area contributed by atoms with E-state index < -0.39 is 0 Å². The van der Waals surface area contributed by atoms with Crippen LogP contribution in [-0.4, -0.2) is 0 Å². The van der Waals surface area contributed by atoms with Crippen molar-refractivity contribution in [1.29, 1.82) is 0 Å². The second-order valence-electron chi connectivity index (χ2n) is 9.84. The summed E-state index contributed by atoms with van der Waals surface area (Å²) in [6.45, 7) is 13.8. The molecule has 3 rings (SSSR count). The normalized spacial score (nSPS) is 12.2. The Morgan fingerprint density at radius 3 is 1.57 bits per heavy atom. The van der Waals surface area contributed by atoms with Gasteiger partial charge in [-0.25, -0.2) is 0 Å². The highest BCUT2D eigenvalue weighted by Gasteiger charge is 2.20. The maximum atomic E-state index is 3.54. The minimum atomic E-state index is 0.143. The Morgan fingerprint density at radius 1 is 0.571 bits per heavy atom. The molecule has 0 heteroatoms. The molecule has 0 N–H and O–H groups in total. The molecule has 0 aliphatic heterocycles. The lowest BCUT2D eigenvalue weighted by Crippen LogP contribution is -2.15. The number of benzene rings is 3. The average Bonchev–Trinajstić information content (AvgIpc) is 2.62. The van der Waals surface area contributed by atoms with Gasteiger partial charge in [0, 0.05) is 0 Å². The first-order chi connectivity index (χ1) is 13.2. The molecule has 0 unspecified atom stereocenters. The molecule has 1 radical (unpaired) electrons. The van der Waals surface area contributed by atoms with Crippen molar-refractivity contribution in [2.24, 2.45) is 0 Å². The SMILES string of the molecule is CC(C)(C)c1ccccc1Cc1[c]cccc1Cc1ccccc1C(C)(C)C. The topological polar surface area (TPSA) is 0 Å². The fourth-order valence-electron chi connectivity index (χ4n) is 4.04. The zero-order chi connectivity index (χ0) is 20.4. The predicted octanol–water partition coefficient (Wildman–Crippen LogP) is 7.26. The van der Waals surface area contributed by atoms with Crippen LogP contribution in [0.4, 0.5) is 0 Å². The second kappa shape index (κ2) is 7.95. The van der Waals surface area contributed by atoms with E-state index in [2.05, 4.69) is 108 Å². The van der Waals surface area contributed by atoms with Gasteiger partial charge in [-0.2, -0.15) is 0 Å². The summed E-state index contributed by atoms with van der Waals surface area (Å²) in [6.07, 6.45) is 1.89. The molecule has 0 saturated heterocycles. The van der Waals surface area contributed by atoms with E-state index in [0.29, 0.717) is 0 Å². The predicted molar refractivity (Wildman–Crippen MR) is 121 cm³/mol. The third-order valence-electron chi connectivity index (χ3n) is 5.44. The Bertz CT molecular complexity index is 854. The summed E-state index contributed by atoms with van der Waals surface area (Å²) in [5.41, 5.74) is 8.65. The van der Waals surface area contributed by atoms with Crippen LogP contribution in [-0.2, 0) is 23.7 Å². The molecular formula is C28H33. The van der Waals surface area contributed by atoms with Crippen LogP contribution in [0.15, 0.2) is 66.7 Å². The third-order valence-corrected chi connectivity index (χ3v) is 5.44. The molecule has 145 valence electrons. The van der Waals surface area contributed by atoms with Gasteiger partial charge in [-0.15, -0.1) is 0 Å². The van der Waals surface area contributed by atoms with Crippen molar-refractivity contribution in [3.63, 3.8) is 0 Å². The van der Waals surface area contributed by atoms with Gasteiger partial charge in [0.1, 0.15) is 0 Å². The van der Waals surface area contributed by atoms with Crippen molar-refractivity contribution in [3.8, 4) is 0 Å². The molecule has 0 amide bonds. The monoisotopic (exact) mass is 369 g/mol. The first kappa shape index (κ1) is 20.4. The molecular weight excluding hydrogens is 336 g/mol. The van der Waals surface area contributed by atoms with E-state index in [1.807, 2.05) is 6.07 Å². The number of hydrogen-bond acceptors (Lipinski definition) is 0. The fourth-order valence-corrected chi connectivity index (χ4v) is 4.04. The minimum absolute atomic E-state index is 0.143. The summed E-state index contributed by atoms with van der Waals surface area (Å²) in [6, 6.07) is 27.7. The molecule has 3 aromatic carbocycles. The van der Waals surface area contributed by atoms with E-state index in [0.717, 1.165) is 12.8 Å². The van der Waals surface area contributed by atoms with Crippen molar-refractivity contribution in [2.45, 2.75) is 65.2 Å². The zero-order valence-electron chi connectivity index (χ0n) is 18.3. The van der Waals surface area contributed by atoms with Crippen LogP contribution in [0.3, 0.4) is 0 Å². The quantitative estimate of drug-likeness (QED) is 0.454. The molecule has 0 saturated carbocycles. The van der Waals surface area contributed by atoms with Crippen LogP contribution in [0.1, 0.15) is 74.9 Å². The third kappa shape index (κ3) is 4.73. The van der Waals surface area contributed by atoms with E-state index in [9.17, 15) is 0 Å². The van der Waals surface area contributed by atoms with Gasteiger partial charge in [-0.1, -0.05) is 108 Å². The highest BCUT2D eigenvalue weighted by atomic mass is 14.2. The summed E-state index contributed by atoms with van der Waals surface area (Å²) in [5.74, 6) is 0. The molecule has 0 aromatic heterocycles. The van der Waals surface area contributed by atoms with Crippen LogP contribution < -0.4 is 0 Å². The first-order valence-corrected chi connectivity index (χ1v) is 10.3. The van der Waals surface area contributed by atoms with Gasteiger partial charge < -0.3 is 0 Å². The Hall–Kier alpha value is -2.34. The fraction of sp³-hybridized carbons (Fsp3) is 0.357. The standard InChI is InChI=1S/C28H33/c1-27(2,3)25-17-11-9-15-23(25)19-21-13-7-8-14-22(21)20-24-16-10-12-18-26(24)28(4,5)6/h7-13,15-18H,19-20H2,1-6H3. The smallest absolute Gasteiger partial charge is 0.00138 e. The lowest BCUT2D eigenvalue weighted by molar-refractivity contribution is 0.583. The van der Waals surface area contributed by atoms with Gasteiger partial charge in [-0.3, -0.25) is 0 Å². The lowest BCUT2D eigenvalue weighted by atomic mass is 9.80. The molecule has 28 heavy (non-hydrogen) atoms. The highest BCUT2D eigenvalue weighted by Crippen LogP contribution is 2.30. The lowest BCUT2D eigenvalue weighted by Gasteiger charge is -2.24. The van der Waals surface area contributed by atoms with Gasteiger partial charge in [0.05, 0.1) is 0 Å². The van der Waals surface area contributed by atoms with E-state index in [4.69, 9.17) is 0 Å². The summed E-state index contributed by atoms with van der Waals surface area (Å²) >= 11 is 0. The second-order valence-corrected chi connectivity index (χ2v) is 9.84. The van der Waals surface area contributed by atoms with Gasteiger partial charge in [0.15, 0.2) is 0 Å². The van der Waals surface area contributed by atoms with Crippen LogP contribution in [0.2, 0.25) is 0 Å². The summed E-state index contributed by atoms with van der Waals surface area (Å²) in [7, 11) is 0. The molecule has 0 spiro atoms. The Morgan fingerprint density at radius 2 is 1.04 bits per heavy atom. The van der Waals surface area contributed by atoms with Crippen molar-refractivity contribution >= 4 is 0 Å². The molecule has 0 fully saturated rings. The van der Waals surface area contributed by atoms with Crippen molar-refractivity contribution in [2.75, 3.05) is 0 Å². The average molecular weight is 370 g/mol. The Labute approximate surface area is 171 Å². The van der Waals surface area contributed by atoms with Crippen molar-refractivity contribution in [3.05, 3.63) is 106 Å². The summed E-state index contributed by atoms with van der Waals surface area (Å²) in [4.78, 5) is 0. The molecule has 0 atom stereocenters. The van der Waals surface area contributed by atoms with Gasteiger partial charge in [0.25, 0.3) is 0 Å². The largest absolute Gasteiger partial charge is 0.0620 e. The Balaban J connectivity index is 1.97. The van der Waals surface area contributed by atoms with Crippen LogP contribution in [0.5, 0.6) is 0 Å². The summed E-state index contributed by atoms with van der Waals surface area (Å²) < 4.78 is 0. The first-order valence-electron chi connectivity index (χ1n) is 10.3. The molecule has 0 aliphatic carbocycles. The number of rotatable bonds is 4. The maximum Gasteiger partial charge on any atom is -0.00138 e. The number of hydrogen-bond donors (Lipinski definition) is 0. The van der Waals surface area contributed by atoms with Gasteiger partial charge >= 0.3 is 0 Å². The van der Waals surface area contributed by atoms with Crippen molar-refractivity contribution in [1.82, 2.24) is 0 Å². The molecule has 0 aliphatic rings. The van der Waals surface area contributed by atoms with Crippen LogP contribution in [0, 0.1) is 6.07 Å². The van der Waals surface area contributed by atoms with Crippen molar-refractivity contribution < 1.29 is 0 Å². The van der Waals surface area contributed by atoms with Crippen LogP contribution >= 0.6 is 0 Å². The van der Waals surface area contributed by atoms with E-state index in [1.54, 1.807) is 0 Å². The van der Waals surface area contributed by atoms with E-state index in [1.165, 1.54) is 33.4 Å². The van der Waals surface area contributed by atoms with Crippen LogP contribution in [0.25, 0.3) is 0 Å². The maximum absolute atomic E-state index is 3.54. The molecule has 3 aromatic rings. The van der Waals surface area contributed by atoms with Gasteiger partial charge in [-0.05, 0) is 63.1 Å².